The van der Waals surface area contributed by atoms with Gasteiger partial charge in [-0.1, -0.05) is 12.1 Å². The minimum absolute atomic E-state index is 0.332. The van der Waals surface area contributed by atoms with Gasteiger partial charge in [-0.05, 0) is 49.2 Å². The second kappa shape index (κ2) is 5.69. The molecule has 2 amide bonds. The van der Waals surface area contributed by atoms with E-state index in [0.29, 0.717) is 22.5 Å². The summed E-state index contributed by atoms with van der Waals surface area (Å²) in [5.41, 5.74) is 1.66. The summed E-state index contributed by atoms with van der Waals surface area (Å²) in [5.74, 6) is -0.798. The highest BCUT2D eigenvalue weighted by molar-refractivity contribution is 5.99. The van der Waals surface area contributed by atoms with Crippen LogP contribution in [0, 0.1) is 25.5 Å². The number of hydrogen-bond donors (Lipinski definition) is 2. The molecule has 5 heteroatoms. The second-order valence-electron chi connectivity index (χ2n) is 4.51. The number of benzene rings is 2. The molecule has 2 N–H and O–H groups in total. The standard InChI is InChI=1S/C15H14F2N2O/c1-9-3-5-11(7-13(9)16)18-15(20)19-12-6-4-10(2)14(17)8-12/h3-8H,1-2H3,(H2,18,19,20). The molecule has 0 aromatic heterocycles. The lowest BCUT2D eigenvalue weighted by atomic mass is 10.2. The van der Waals surface area contributed by atoms with E-state index < -0.39 is 17.7 Å². The van der Waals surface area contributed by atoms with Gasteiger partial charge in [0.1, 0.15) is 11.6 Å². The summed E-state index contributed by atoms with van der Waals surface area (Å²) >= 11 is 0. The first-order valence-corrected chi connectivity index (χ1v) is 6.06. The number of carbonyl (C=O) groups is 1. The summed E-state index contributed by atoms with van der Waals surface area (Å²) < 4.78 is 26.7. The minimum atomic E-state index is -0.559. The van der Waals surface area contributed by atoms with E-state index >= 15 is 0 Å². The smallest absolute Gasteiger partial charge is 0.308 e. The number of halogens is 2. The summed E-state index contributed by atoms with van der Waals surface area (Å²) in [6, 6.07) is 8.21. The Morgan fingerprint density at radius 3 is 1.60 bits per heavy atom. The van der Waals surface area contributed by atoms with Crippen LogP contribution in [0.4, 0.5) is 25.0 Å². The number of hydrogen-bond acceptors (Lipinski definition) is 1. The predicted molar refractivity (Wildman–Crippen MR) is 74.9 cm³/mol. The SMILES string of the molecule is Cc1ccc(NC(=O)Nc2ccc(C)c(F)c2)cc1F. The molecule has 0 bridgehead atoms. The molecule has 0 radical (unpaired) electrons. The van der Waals surface area contributed by atoms with Crippen molar-refractivity contribution in [3.05, 3.63) is 59.2 Å². The van der Waals surface area contributed by atoms with Crippen molar-refractivity contribution >= 4 is 17.4 Å². The molecular formula is C15H14F2N2O. The largest absolute Gasteiger partial charge is 0.323 e. The molecule has 0 aliphatic carbocycles. The van der Waals surface area contributed by atoms with Crippen LogP contribution in [0.25, 0.3) is 0 Å². The zero-order chi connectivity index (χ0) is 14.7. The van der Waals surface area contributed by atoms with E-state index in [0.717, 1.165) is 0 Å². The summed E-state index contributed by atoms with van der Waals surface area (Å²) in [4.78, 5) is 11.7. The van der Waals surface area contributed by atoms with Crippen molar-refractivity contribution in [2.45, 2.75) is 13.8 Å². The van der Waals surface area contributed by atoms with Gasteiger partial charge >= 0.3 is 6.03 Å². The van der Waals surface area contributed by atoms with E-state index in [1.54, 1.807) is 38.1 Å². The van der Waals surface area contributed by atoms with Crippen LogP contribution in [0.15, 0.2) is 36.4 Å². The molecule has 3 nitrogen and oxygen atoms in total. The third-order valence-electron chi connectivity index (χ3n) is 2.86. The number of amides is 2. The van der Waals surface area contributed by atoms with E-state index in [9.17, 15) is 13.6 Å². The molecule has 2 rings (SSSR count). The van der Waals surface area contributed by atoms with Crippen LogP contribution in [0.2, 0.25) is 0 Å². The Balaban J connectivity index is 2.04. The van der Waals surface area contributed by atoms with E-state index in [1.165, 1.54) is 12.1 Å². The van der Waals surface area contributed by atoms with Gasteiger partial charge in [0.2, 0.25) is 0 Å². The lowest BCUT2D eigenvalue weighted by Crippen LogP contribution is -2.19. The molecule has 0 aliphatic rings. The van der Waals surface area contributed by atoms with Crippen LogP contribution in [0.3, 0.4) is 0 Å². The lowest BCUT2D eigenvalue weighted by Gasteiger charge is -2.09. The normalized spacial score (nSPS) is 10.2. The number of rotatable bonds is 2. The molecule has 0 aliphatic heterocycles. The van der Waals surface area contributed by atoms with Crippen molar-refractivity contribution in [2.24, 2.45) is 0 Å². The summed E-state index contributed by atoms with van der Waals surface area (Å²) in [6.45, 7) is 3.27. The van der Waals surface area contributed by atoms with Crippen LogP contribution < -0.4 is 10.6 Å². The maximum Gasteiger partial charge on any atom is 0.323 e. The zero-order valence-corrected chi connectivity index (χ0v) is 11.1. The molecule has 2 aromatic rings. The van der Waals surface area contributed by atoms with Crippen LogP contribution >= 0.6 is 0 Å². The Hall–Kier alpha value is -2.43. The van der Waals surface area contributed by atoms with Gasteiger partial charge in [0, 0.05) is 11.4 Å². The van der Waals surface area contributed by atoms with E-state index in [1.807, 2.05) is 0 Å². The van der Waals surface area contributed by atoms with Crippen molar-refractivity contribution in [3.63, 3.8) is 0 Å². The molecule has 0 atom stereocenters. The fraction of sp³-hybridized carbons (Fsp3) is 0.133. The third kappa shape index (κ3) is 3.32. The van der Waals surface area contributed by atoms with Gasteiger partial charge in [0.25, 0.3) is 0 Å². The third-order valence-corrected chi connectivity index (χ3v) is 2.86. The van der Waals surface area contributed by atoms with Crippen molar-refractivity contribution in [1.82, 2.24) is 0 Å². The Bertz CT molecular complexity index is 601. The Morgan fingerprint density at radius 2 is 1.25 bits per heavy atom. The first-order chi connectivity index (χ1) is 9.45. The van der Waals surface area contributed by atoms with Gasteiger partial charge in [-0.25, -0.2) is 13.6 Å². The quantitative estimate of drug-likeness (QED) is 0.847. The number of anilines is 2. The highest BCUT2D eigenvalue weighted by Gasteiger charge is 2.06. The summed E-state index contributed by atoms with van der Waals surface area (Å²) in [7, 11) is 0. The molecule has 20 heavy (non-hydrogen) atoms. The lowest BCUT2D eigenvalue weighted by molar-refractivity contribution is 0.262. The highest BCUT2D eigenvalue weighted by Crippen LogP contribution is 2.16. The average Bonchev–Trinajstić information content (AvgIpc) is 2.38. The second-order valence-corrected chi connectivity index (χ2v) is 4.51. The van der Waals surface area contributed by atoms with Gasteiger partial charge in [-0.15, -0.1) is 0 Å². The van der Waals surface area contributed by atoms with Gasteiger partial charge in [-0.3, -0.25) is 0 Å². The molecule has 0 saturated heterocycles. The minimum Gasteiger partial charge on any atom is -0.308 e. The van der Waals surface area contributed by atoms with Crippen molar-refractivity contribution < 1.29 is 13.6 Å². The molecule has 0 fully saturated rings. The molecule has 0 saturated carbocycles. The number of urea groups is 1. The first kappa shape index (κ1) is 14.0. The zero-order valence-electron chi connectivity index (χ0n) is 11.1. The van der Waals surface area contributed by atoms with Crippen LogP contribution in [-0.2, 0) is 0 Å². The number of carbonyl (C=O) groups excluding carboxylic acids is 1. The average molecular weight is 276 g/mol. The van der Waals surface area contributed by atoms with Gasteiger partial charge in [-0.2, -0.15) is 0 Å². The number of nitrogens with one attached hydrogen (secondary N) is 2. The maximum atomic E-state index is 13.3. The monoisotopic (exact) mass is 276 g/mol. The first-order valence-electron chi connectivity index (χ1n) is 6.06. The predicted octanol–water partition coefficient (Wildman–Crippen LogP) is 4.23. The van der Waals surface area contributed by atoms with E-state index in [4.69, 9.17) is 0 Å². The van der Waals surface area contributed by atoms with Crippen molar-refractivity contribution in [1.29, 1.82) is 0 Å². The van der Waals surface area contributed by atoms with Gasteiger partial charge in [0.05, 0.1) is 0 Å². The molecular weight excluding hydrogens is 262 g/mol. The summed E-state index contributed by atoms with van der Waals surface area (Å²) in [5, 5.41) is 4.96. The van der Waals surface area contributed by atoms with E-state index in [-0.39, 0.29) is 0 Å². The fourth-order valence-corrected chi connectivity index (χ4v) is 1.63. The van der Waals surface area contributed by atoms with Gasteiger partial charge in [0.15, 0.2) is 0 Å². The van der Waals surface area contributed by atoms with E-state index in [2.05, 4.69) is 10.6 Å². The van der Waals surface area contributed by atoms with Crippen molar-refractivity contribution in [2.75, 3.05) is 10.6 Å². The topological polar surface area (TPSA) is 41.1 Å². The number of aryl methyl sites for hydroxylation is 2. The molecule has 0 spiro atoms. The van der Waals surface area contributed by atoms with Crippen LogP contribution in [-0.4, -0.2) is 6.03 Å². The Labute approximate surface area is 115 Å². The highest BCUT2D eigenvalue weighted by atomic mass is 19.1. The Kier molecular flexibility index (Phi) is 3.98. The van der Waals surface area contributed by atoms with Crippen LogP contribution in [0.1, 0.15) is 11.1 Å². The fourth-order valence-electron chi connectivity index (χ4n) is 1.63. The molecule has 0 unspecified atom stereocenters. The van der Waals surface area contributed by atoms with Gasteiger partial charge < -0.3 is 10.6 Å². The molecule has 104 valence electrons. The Morgan fingerprint density at radius 1 is 0.850 bits per heavy atom. The summed E-state index contributed by atoms with van der Waals surface area (Å²) in [6.07, 6.45) is 0. The molecule has 2 aromatic carbocycles. The van der Waals surface area contributed by atoms with Crippen molar-refractivity contribution in [3.8, 4) is 0 Å². The maximum absolute atomic E-state index is 13.3. The molecule has 0 heterocycles. The van der Waals surface area contributed by atoms with Crippen LogP contribution in [0.5, 0.6) is 0 Å².